The molecule has 4 rings (SSSR count). The van der Waals surface area contributed by atoms with E-state index in [0.29, 0.717) is 5.91 Å². The molecule has 3 heterocycles. The Labute approximate surface area is 136 Å². The maximum Gasteiger partial charge on any atom is 0.226 e. The molecule has 1 aliphatic carbocycles. The molecule has 1 saturated heterocycles. The Hall–Kier alpha value is -2.10. The van der Waals surface area contributed by atoms with Gasteiger partial charge in [-0.1, -0.05) is 12.8 Å². The molecule has 0 aromatic carbocycles. The second-order valence-corrected chi connectivity index (χ2v) is 6.64. The molecule has 2 fully saturated rings. The van der Waals surface area contributed by atoms with Gasteiger partial charge >= 0.3 is 0 Å². The molecular weight excluding hydrogens is 288 g/mol. The molecular formula is C19H22N2O2. The summed E-state index contributed by atoms with van der Waals surface area (Å²) in [5.74, 6) is 1.64. The van der Waals surface area contributed by atoms with Gasteiger partial charge in [-0.05, 0) is 49.1 Å². The number of amides is 1. The molecule has 0 spiro atoms. The van der Waals surface area contributed by atoms with Crippen molar-refractivity contribution in [1.82, 2.24) is 9.88 Å². The molecule has 2 aromatic heterocycles. The Morgan fingerprint density at radius 3 is 2.83 bits per heavy atom. The second kappa shape index (κ2) is 6.19. The highest BCUT2D eigenvalue weighted by Gasteiger charge is 2.48. The highest BCUT2D eigenvalue weighted by Crippen LogP contribution is 2.49. The van der Waals surface area contributed by atoms with Crippen LogP contribution < -0.4 is 0 Å². The molecule has 2 aliphatic rings. The number of furan rings is 1. The van der Waals surface area contributed by atoms with Gasteiger partial charge in [-0.2, -0.15) is 0 Å². The van der Waals surface area contributed by atoms with Crippen LogP contribution >= 0.6 is 0 Å². The molecule has 23 heavy (non-hydrogen) atoms. The van der Waals surface area contributed by atoms with Crippen LogP contribution in [0.5, 0.6) is 0 Å². The van der Waals surface area contributed by atoms with Crippen molar-refractivity contribution in [3.05, 3.63) is 54.2 Å². The van der Waals surface area contributed by atoms with Gasteiger partial charge in [0.2, 0.25) is 5.91 Å². The Bertz CT molecular complexity index is 653. The molecule has 2 aromatic rings. The fourth-order valence-electron chi connectivity index (χ4n) is 3.80. The van der Waals surface area contributed by atoms with Crippen molar-refractivity contribution in [1.29, 1.82) is 0 Å². The van der Waals surface area contributed by atoms with Gasteiger partial charge in [0.1, 0.15) is 5.76 Å². The van der Waals surface area contributed by atoms with Gasteiger partial charge < -0.3 is 9.32 Å². The van der Waals surface area contributed by atoms with E-state index in [0.717, 1.165) is 31.6 Å². The smallest absolute Gasteiger partial charge is 0.226 e. The zero-order chi connectivity index (χ0) is 15.6. The van der Waals surface area contributed by atoms with Crippen molar-refractivity contribution in [3.8, 4) is 0 Å². The Balaban J connectivity index is 1.54. The number of hydrogen-bond donors (Lipinski definition) is 0. The first kappa shape index (κ1) is 14.5. The van der Waals surface area contributed by atoms with Crippen LogP contribution in [0, 0.1) is 5.92 Å². The van der Waals surface area contributed by atoms with Crippen LogP contribution in [0.1, 0.15) is 55.4 Å². The van der Waals surface area contributed by atoms with Crippen LogP contribution in [0.25, 0.3) is 0 Å². The highest BCUT2D eigenvalue weighted by atomic mass is 16.3. The molecule has 1 aliphatic heterocycles. The summed E-state index contributed by atoms with van der Waals surface area (Å²) in [5.41, 5.74) is 1.21. The normalized spacial score (nSPS) is 27.5. The molecule has 0 N–H and O–H groups in total. The number of rotatable bonds is 3. The minimum atomic E-state index is 0.101. The van der Waals surface area contributed by atoms with Gasteiger partial charge in [-0.15, -0.1) is 0 Å². The Morgan fingerprint density at radius 1 is 1.17 bits per heavy atom. The van der Waals surface area contributed by atoms with Gasteiger partial charge in [0.15, 0.2) is 0 Å². The lowest BCUT2D eigenvalue weighted by atomic mass is 10.0. The first-order valence-electron chi connectivity index (χ1n) is 8.58. The number of carbonyl (C=O) groups is 1. The van der Waals surface area contributed by atoms with E-state index >= 15 is 0 Å². The van der Waals surface area contributed by atoms with Crippen LogP contribution in [0.3, 0.4) is 0 Å². The van der Waals surface area contributed by atoms with Crippen LogP contribution in [-0.4, -0.2) is 22.3 Å². The van der Waals surface area contributed by atoms with Gasteiger partial charge in [0.25, 0.3) is 0 Å². The van der Waals surface area contributed by atoms with Crippen LogP contribution in [0.2, 0.25) is 0 Å². The maximum atomic E-state index is 13.1. The molecule has 0 unspecified atom stereocenters. The summed E-state index contributed by atoms with van der Waals surface area (Å²) in [6, 6.07) is 8.19. The third-order valence-corrected chi connectivity index (χ3v) is 5.14. The molecule has 1 amide bonds. The van der Waals surface area contributed by atoms with E-state index in [-0.39, 0.29) is 17.9 Å². The van der Waals surface area contributed by atoms with E-state index in [9.17, 15) is 4.79 Å². The molecule has 0 radical (unpaired) electrons. The molecule has 0 bridgehead atoms. The van der Waals surface area contributed by atoms with Crippen molar-refractivity contribution in [3.63, 3.8) is 0 Å². The fourth-order valence-corrected chi connectivity index (χ4v) is 3.80. The van der Waals surface area contributed by atoms with E-state index in [2.05, 4.69) is 9.88 Å². The topological polar surface area (TPSA) is 46.3 Å². The standard InChI is InChI=1S/C19H22N2O2/c22-19(16-13-15(16)18-6-4-12-23-18)21-11-3-1-2-5-17(21)14-7-9-20-10-8-14/h4,6-10,12,15-17H,1-3,5,11,13H2/t15-,16-,17+/m1/s1. The largest absolute Gasteiger partial charge is 0.469 e. The predicted molar refractivity (Wildman–Crippen MR) is 86.7 cm³/mol. The van der Waals surface area contributed by atoms with Crippen LogP contribution in [0.15, 0.2) is 47.3 Å². The quantitative estimate of drug-likeness (QED) is 0.863. The number of pyridine rings is 1. The number of likely N-dealkylation sites (tertiary alicyclic amines) is 1. The minimum absolute atomic E-state index is 0.101. The van der Waals surface area contributed by atoms with Crippen molar-refractivity contribution in [2.75, 3.05) is 6.54 Å². The van der Waals surface area contributed by atoms with E-state index < -0.39 is 0 Å². The van der Waals surface area contributed by atoms with Crippen molar-refractivity contribution >= 4 is 5.91 Å². The summed E-state index contributed by atoms with van der Waals surface area (Å²) in [6.07, 6.45) is 10.8. The fraction of sp³-hybridized carbons (Fsp3) is 0.474. The van der Waals surface area contributed by atoms with Crippen molar-refractivity contribution in [2.24, 2.45) is 5.92 Å². The van der Waals surface area contributed by atoms with Gasteiger partial charge in [-0.3, -0.25) is 9.78 Å². The first-order chi connectivity index (χ1) is 11.3. The lowest BCUT2D eigenvalue weighted by Gasteiger charge is -2.30. The van der Waals surface area contributed by atoms with E-state index in [1.165, 1.54) is 18.4 Å². The summed E-state index contributed by atoms with van der Waals surface area (Å²) >= 11 is 0. The summed E-state index contributed by atoms with van der Waals surface area (Å²) in [4.78, 5) is 19.3. The van der Waals surface area contributed by atoms with Crippen molar-refractivity contribution in [2.45, 2.75) is 44.1 Å². The molecule has 120 valence electrons. The molecule has 1 saturated carbocycles. The number of carbonyl (C=O) groups excluding carboxylic acids is 1. The lowest BCUT2D eigenvalue weighted by Crippen LogP contribution is -2.36. The van der Waals surface area contributed by atoms with Crippen LogP contribution in [0.4, 0.5) is 0 Å². The van der Waals surface area contributed by atoms with Crippen LogP contribution in [-0.2, 0) is 4.79 Å². The Morgan fingerprint density at radius 2 is 2.04 bits per heavy atom. The van der Waals surface area contributed by atoms with E-state index in [1.807, 2.05) is 36.7 Å². The average molecular weight is 310 g/mol. The first-order valence-corrected chi connectivity index (χ1v) is 8.58. The third-order valence-electron chi connectivity index (χ3n) is 5.14. The monoisotopic (exact) mass is 310 g/mol. The predicted octanol–water partition coefficient (Wildman–Crippen LogP) is 3.92. The number of nitrogens with zero attached hydrogens (tertiary/aromatic N) is 2. The zero-order valence-electron chi connectivity index (χ0n) is 13.2. The lowest BCUT2D eigenvalue weighted by molar-refractivity contribution is -0.135. The number of hydrogen-bond acceptors (Lipinski definition) is 3. The second-order valence-electron chi connectivity index (χ2n) is 6.64. The summed E-state index contributed by atoms with van der Waals surface area (Å²) in [6.45, 7) is 0.868. The Kier molecular flexibility index (Phi) is 3.90. The zero-order valence-corrected chi connectivity index (χ0v) is 13.2. The van der Waals surface area contributed by atoms with Gasteiger partial charge in [0, 0.05) is 30.8 Å². The maximum absolute atomic E-state index is 13.1. The minimum Gasteiger partial charge on any atom is -0.469 e. The summed E-state index contributed by atoms with van der Waals surface area (Å²) < 4.78 is 5.48. The van der Waals surface area contributed by atoms with Gasteiger partial charge in [0.05, 0.1) is 12.3 Å². The molecule has 3 atom stereocenters. The third kappa shape index (κ3) is 2.90. The summed E-state index contributed by atoms with van der Waals surface area (Å²) in [5, 5.41) is 0. The average Bonchev–Trinajstić information content (AvgIpc) is 3.29. The SMILES string of the molecule is O=C([C@@H]1C[C@H]1c1ccco1)N1CCCCC[C@H]1c1ccncc1. The highest BCUT2D eigenvalue weighted by molar-refractivity contribution is 5.83. The van der Waals surface area contributed by atoms with Crippen molar-refractivity contribution < 1.29 is 9.21 Å². The molecule has 4 heteroatoms. The molecule has 4 nitrogen and oxygen atoms in total. The van der Waals surface area contributed by atoms with E-state index in [1.54, 1.807) is 6.26 Å². The summed E-state index contributed by atoms with van der Waals surface area (Å²) in [7, 11) is 0. The van der Waals surface area contributed by atoms with E-state index in [4.69, 9.17) is 4.42 Å². The van der Waals surface area contributed by atoms with Gasteiger partial charge in [-0.25, -0.2) is 0 Å². The number of aromatic nitrogens is 1.